The lowest BCUT2D eigenvalue weighted by Crippen LogP contribution is -2.57. The standard InChI is InChI=1S/C21H33N3O3/c25-19(18-2-1-7-27-18)23-3-5-24(6-4-23)20(26)22-14-21-11-15-8-16(12-21)10-17(9-15)13-21/h15-18H,1-14H2,(H,22,26)/t15?,16?,17?,18-,21?/m0/s1. The molecule has 6 nitrogen and oxygen atoms in total. The van der Waals surface area contributed by atoms with E-state index in [1.807, 2.05) is 9.80 Å². The Kier molecular flexibility index (Phi) is 4.57. The molecule has 1 atom stereocenters. The number of hydrogen-bond donors (Lipinski definition) is 1. The van der Waals surface area contributed by atoms with Gasteiger partial charge in [0.25, 0.3) is 5.91 Å². The quantitative estimate of drug-likeness (QED) is 0.823. The van der Waals surface area contributed by atoms with Crippen molar-refractivity contribution in [2.45, 2.75) is 57.5 Å². The van der Waals surface area contributed by atoms with Gasteiger partial charge in [-0.1, -0.05) is 0 Å². The van der Waals surface area contributed by atoms with Gasteiger partial charge in [-0.2, -0.15) is 0 Å². The zero-order chi connectivity index (χ0) is 18.4. The highest BCUT2D eigenvalue weighted by Crippen LogP contribution is 2.59. The topological polar surface area (TPSA) is 61.9 Å². The van der Waals surface area contributed by atoms with Gasteiger partial charge in [0.15, 0.2) is 0 Å². The zero-order valence-corrected chi connectivity index (χ0v) is 16.3. The second-order valence-electron chi connectivity index (χ2n) is 9.89. The minimum atomic E-state index is -0.249. The number of nitrogens with zero attached hydrogens (tertiary/aromatic N) is 2. The monoisotopic (exact) mass is 375 g/mol. The van der Waals surface area contributed by atoms with Gasteiger partial charge in [-0.25, -0.2) is 4.79 Å². The summed E-state index contributed by atoms with van der Waals surface area (Å²) in [5.74, 6) is 2.86. The summed E-state index contributed by atoms with van der Waals surface area (Å²) in [6.07, 6.45) is 9.85. The van der Waals surface area contributed by atoms with Gasteiger partial charge in [-0.15, -0.1) is 0 Å². The second kappa shape index (κ2) is 6.94. The maximum atomic E-state index is 12.7. The molecule has 2 heterocycles. The fraction of sp³-hybridized carbons (Fsp3) is 0.905. The molecule has 0 unspecified atom stereocenters. The third-order valence-electron chi connectivity index (χ3n) is 7.86. The Morgan fingerprint density at radius 1 is 0.926 bits per heavy atom. The highest BCUT2D eigenvalue weighted by atomic mass is 16.5. The number of piperazine rings is 1. The van der Waals surface area contributed by atoms with Gasteiger partial charge in [0, 0.05) is 39.3 Å². The normalized spacial score (nSPS) is 40.4. The van der Waals surface area contributed by atoms with Crippen molar-refractivity contribution in [1.29, 1.82) is 0 Å². The van der Waals surface area contributed by atoms with Gasteiger partial charge in [0.2, 0.25) is 0 Å². The van der Waals surface area contributed by atoms with E-state index in [0.717, 1.165) is 37.1 Å². The van der Waals surface area contributed by atoms with Crippen LogP contribution in [0.25, 0.3) is 0 Å². The van der Waals surface area contributed by atoms with Crippen molar-refractivity contribution in [1.82, 2.24) is 15.1 Å². The molecule has 6 rings (SSSR count). The highest BCUT2D eigenvalue weighted by molar-refractivity contribution is 5.81. The largest absolute Gasteiger partial charge is 0.368 e. The molecule has 0 spiro atoms. The van der Waals surface area contributed by atoms with E-state index in [9.17, 15) is 9.59 Å². The molecule has 4 saturated carbocycles. The first-order chi connectivity index (χ1) is 13.1. The van der Waals surface area contributed by atoms with Crippen molar-refractivity contribution in [2.75, 3.05) is 39.3 Å². The summed E-state index contributed by atoms with van der Waals surface area (Å²) in [6.45, 7) is 4.07. The summed E-state index contributed by atoms with van der Waals surface area (Å²) < 4.78 is 5.51. The predicted molar refractivity (Wildman–Crippen MR) is 101 cm³/mol. The number of carbonyl (C=O) groups excluding carboxylic acids is 2. The average molecular weight is 376 g/mol. The molecule has 150 valence electrons. The van der Waals surface area contributed by atoms with E-state index in [-0.39, 0.29) is 18.0 Å². The van der Waals surface area contributed by atoms with Crippen LogP contribution < -0.4 is 5.32 Å². The molecule has 2 saturated heterocycles. The molecule has 0 aromatic carbocycles. The van der Waals surface area contributed by atoms with Crippen LogP contribution in [-0.2, 0) is 9.53 Å². The molecular weight excluding hydrogens is 342 g/mol. The predicted octanol–water partition coefficient (Wildman–Crippen LogP) is 2.24. The van der Waals surface area contributed by atoms with E-state index < -0.39 is 0 Å². The average Bonchev–Trinajstić information content (AvgIpc) is 3.19. The Morgan fingerprint density at radius 2 is 1.52 bits per heavy atom. The van der Waals surface area contributed by atoms with E-state index in [2.05, 4.69) is 5.32 Å². The summed E-state index contributed by atoms with van der Waals surface area (Å²) in [7, 11) is 0. The summed E-state index contributed by atoms with van der Waals surface area (Å²) in [4.78, 5) is 28.9. The van der Waals surface area contributed by atoms with Crippen molar-refractivity contribution in [3.05, 3.63) is 0 Å². The van der Waals surface area contributed by atoms with Gasteiger partial charge in [0.1, 0.15) is 6.10 Å². The summed E-state index contributed by atoms with van der Waals surface area (Å²) in [6, 6.07) is 0.0648. The molecule has 6 fully saturated rings. The molecule has 6 aliphatic rings. The van der Waals surface area contributed by atoms with Gasteiger partial charge < -0.3 is 19.9 Å². The van der Waals surface area contributed by atoms with Crippen molar-refractivity contribution in [2.24, 2.45) is 23.2 Å². The van der Waals surface area contributed by atoms with E-state index in [1.165, 1.54) is 38.5 Å². The Labute approximate surface area is 162 Å². The van der Waals surface area contributed by atoms with Gasteiger partial charge >= 0.3 is 6.03 Å². The number of rotatable bonds is 3. The van der Waals surface area contributed by atoms with Crippen molar-refractivity contribution in [3.8, 4) is 0 Å². The van der Waals surface area contributed by atoms with Crippen LogP contribution in [0.3, 0.4) is 0 Å². The molecule has 3 amide bonds. The lowest BCUT2D eigenvalue weighted by molar-refractivity contribution is -0.142. The summed E-state index contributed by atoms with van der Waals surface area (Å²) >= 11 is 0. The van der Waals surface area contributed by atoms with Crippen LogP contribution in [0, 0.1) is 23.2 Å². The Bertz CT molecular complexity index is 558. The summed E-state index contributed by atoms with van der Waals surface area (Å²) in [5, 5.41) is 3.27. The number of nitrogens with one attached hydrogen (secondary N) is 1. The first-order valence-corrected chi connectivity index (χ1v) is 11.0. The van der Waals surface area contributed by atoms with Crippen molar-refractivity contribution >= 4 is 11.9 Å². The molecule has 0 radical (unpaired) electrons. The maximum absolute atomic E-state index is 12.7. The fourth-order valence-corrected chi connectivity index (χ4v) is 6.99. The van der Waals surface area contributed by atoms with Crippen LogP contribution in [0.5, 0.6) is 0 Å². The van der Waals surface area contributed by atoms with E-state index in [4.69, 9.17) is 4.74 Å². The lowest BCUT2D eigenvalue weighted by atomic mass is 9.49. The first-order valence-electron chi connectivity index (χ1n) is 11.0. The highest BCUT2D eigenvalue weighted by Gasteiger charge is 2.50. The first kappa shape index (κ1) is 17.8. The number of carbonyl (C=O) groups is 2. The van der Waals surface area contributed by atoms with Crippen LogP contribution in [0.2, 0.25) is 0 Å². The minimum absolute atomic E-state index is 0.0648. The molecule has 6 heteroatoms. The minimum Gasteiger partial charge on any atom is -0.368 e. The van der Waals surface area contributed by atoms with Crippen LogP contribution >= 0.6 is 0 Å². The molecule has 1 N–H and O–H groups in total. The van der Waals surface area contributed by atoms with Crippen LogP contribution in [0.1, 0.15) is 51.4 Å². The SMILES string of the molecule is O=C(NCC12CC3CC(CC(C3)C1)C2)N1CCN(C(=O)[C@@H]2CCCO2)CC1. The zero-order valence-electron chi connectivity index (χ0n) is 16.3. The molecule has 0 aromatic rings. The smallest absolute Gasteiger partial charge is 0.317 e. The molecule has 4 bridgehead atoms. The third-order valence-corrected chi connectivity index (χ3v) is 7.86. The molecule has 4 aliphatic carbocycles. The van der Waals surface area contributed by atoms with Gasteiger partial charge in [-0.3, -0.25) is 4.79 Å². The number of hydrogen-bond acceptors (Lipinski definition) is 3. The van der Waals surface area contributed by atoms with Gasteiger partial charge in [0.05, 0.1) is 0 Å². The number of ether oxygens (including phenoxy) is 1. The third kappa shape index (κ3) is 3.45. The van der Waals surface area contributed by atoms with Crippen molar-refractivity contribution in [3.63, 3.8) is 0 Å². The van der Waals surface area contributed by atoms with Crippen LogP contribution in [0.4, 0.5) is 4.79 Å². The Balaban J connectivity index is 1.10. The van der Waals surface area contributed by atoms with Crippen LogP contribution in [-0.4, -0.2) is 67.2 Å². The molecular formula is C21H33N3O3. The summed E-state index contributed by atoms with van der Waals surface area (Å²) in [5.41, 5.74) is 0.377. The molecule has 0 aromatic heterocycles. The lowest BCUT2D eigenvalue weighted by Gasteiger charge is -2.57. The van der Waals surface area contributed by atoms with Gasteiger partial charge in [-0.05, 0) is 74.5 Å². The van der Waals surface area contributed by atoms with E-state index >= 15 is 0 Å². The number of urea groups is 1. The van der Waals surface area contributed by atoms with Crippen molar-refractivity contribution < 1.29 is 14.3 Å². The second-order valence-corrected chi connectivity index (χ2v) is 9.89. The molecule has 2 aliphatic heterocycles. The fourth-order valence-electron chi connectivity index (χ4n) is 6.99. The number of amides is 3. The Morgan fingerprint density at radius 3 is 2.07 bits per heavy atom. The van der Waals surface area contributed by atoms with E-state index in [1.54, 1.807) is 0 Å². The maximum Gasteiger partial charge on any atom is 0.317 e. The molecule has 27 heavy (non-hydrogen) atoms. The Hall–Kier alpha value is -1.30. The van der Waals surface area contributed by atoms with E-state index in [0.29, 0.717) is 38.2 Å². The van der Waals surface area contributed by atoms with Crippen LogP contribution in [0.15, 0.2) is 0 Å².